The molecule has 2 aromatic rings. The minimum atomic E-state index is -0.193. The molecule has 2 aromatic heterocycles. The van der Waals surface area contributed by atoms with Gasteiger partial charge in [0.1, 0.15) is 4.47 Å². The molecule has 0 aliphatic heterocycles. The molecule has 0 amide bonds. The van der Waals surface area contributed by atoms with Gasteiger partial charge in [0.25, 0.3) is 5.56 Å². The Balaban J connectivity index is 2.39. The fourth-order valence-electron chi connectivity index (χ4n) is 1.82. The second kappa shape index (κ2) is 5.88. The van der Waals surface area contributed by atoms with E-state index in [-0.39, 0.29) is 15.2 Å². The maximum absolute atomic E-state index is 12.0. The van der Waals surface area contributed by atoms with Crippen LogP contribution in [0.5, 0.6) is 0 Å². The van der Waals surface area contributed by atoms with Gasteiger partial charge in [0, 0.05) is 6.54 Å². The number of hydrogen-bond donors (Lipinski definition) is 0. The lowest BCUT2D eigenvalue weighted by Gasteiger charge is -2.07. The molecule has 0 radical (unpaired) electrons. The van der Waals surface area contributed by atoms with Gasteiger partial charge in [-0.15, -0.1) is 0 Å². The van der Waals surface area contributed by atoms with Crippen LogP contribution in [-0.2, 0) is 19.5 Å². The topological polar surface area (TPSA) is 52.7 Å². The molecule has 7 heteroatoms. The van der Waals surface area contributed by atoms with Gasteiger partial charge in [-0.25, -0.2) is 4.98 Å². The lowest BCUT2D eigenvalue weighted by Crippen LogP contribution is -2.23. The van der Waals surface area contributed by atoms with E-state index in [1.54, 1.807) is 0 Å². The van der Waals surface area contributed by atoms with E-state index in [2.05, 4.69) is 32.9 Å². The molecule has 2 rings (SSSR count). The lowest BCUT2D eigenvalue weighted by atomic mass is 10.3. The number of halogens is 2. The zero-order chi connectivity index (χ0) is 14.0. The monoisotopic (exact) mass is 344 g/mol. The van der Waals surface area contributed by atoms with E-state index in [1.165, 1.54) is 10.9 Å². The number of rotatable bonds is 4. The highest BCUT2D eigenvalue weighted by Gasteiger charge is 2.10. The zero-order valence-electron chi connectivity index (χ0n) is 10.7. The van der Waals surface area contributed by atoms with Crippen LogP contribution in [0.2, 0.25) is 5.15 Å². The Labute approximate surface area is 124 Å². The van der Waals surface area contributed by atoms with E-state index in [0.29, 0.717) is 6.54 Å². The van der Waals surface area contributed by atoms with E-state index >= 15 is 0 Å². The molecule has 0 unspecified atom stereocenters. The lowest BCUT2D eigenvalue weighted by molar-refractivity contribution is 0.585. The molecule has 0 aliphatic carbocycles. The Morgan fingerprint density at radius 2 is 2.16 bits per heavy atom. The highest BCUT2D eigenvalue weighted by molar-refractivity contribution is 9.10. The van der Waals surface area contributed by atoms with Crippen molar-refractivity contribution in [1.82, 2.24) is 19.3 Å². The molecular weight excluding hydrogens is 332 g/mol. The van der Waals surface area contributed by atoms with Crippen molar-refractivity contribution in [2.75, 3.05) is 0 Å². The first-order chi connectivity index (χ1) is 9.06. The Hall–Kier alpha value is -1.14. The summed E-state index contributed by atoms with van der Waals surface area (Å²) in [7, 11) is 0. The van der Waals surface area contributed by atoms with Crippen LogP contribution >= 0.6 is 27.5 Å². The van der Waals surface area contributed by atoms with Crippen LogP contribution in [0.25, 0.3) is 0 Å². The zero-order valence-corrected chi connectivity index (χ0v) is 13.1. The van der Waals surface area contributed by atoms with Crippen LogP contribution in [0.3, 0.4) is 0 Å². The number of nitrogens with zero attached hydrogens (tertiary/aromatic N) is 4. The summed E-state index contributed by atoms with van der Waals surface area (Å²) in [6.07, 6.45) is 2.32. The first-order valence-corrected chi connectivity index (χ1v) is 7.20. The predicted octanol–water partition coefficient (Wildman–Crippen LogP) is 2.49. The van der Waals surface area contributed by atoms with E-state index in [0.717, 1.165) is 24.4 Å². The molecule has 19 heavy (non-hydrogen) atoms. The van der Waals surface area contributed by atoms with Gasteiger partial charge in [0.2, 0.25) is 0 Å². The van der Waals surface area contributed by atoms with Crippen molar-refractivity contribution < 1.29 is 0 Å². The molecule has 0 atom stereocenters. The van der Waals surface area contributed by atoms with Crippen LogP contribution < -0.4 is 5.56 Å². The van der Waals surface area contributed by atoms with Crippen LogP contribution in [0, 0.1) is 0 Å². The van der Waals surface area contributed by atoms with Gasteiger partial charge in [-0.3, -0.25) is 14.0 Å². The van der Waals surface area contributed by atoms with Gasteiger partial charge in [-0.2, -0.15) is 5.10 Å². The van der Waals surface area contributed by atoms with Crippen LogP contribution in [0.1, 0.15) is 25.2 Å². The van der Waals surface area contributed by atoms with Gasteiger partial charge < -0.3 is 0 Å². The first kappa shape index (κ1) is 14.3. The number of aromatic nitrogens is 4. The second-order valence-corrected chi connectivity index (χ2v) is 5.23. The molecule has 0 saturated heterocycles. The van der Waals surface area contributed by atoms with Gasteiger partial charge in [0.15, 0.2) is 5.15 Å². The molecule has 0 aliphatic rings. The summed E-state index contributed by atoms with van der Waals surface area (Å²) >= 11 is 8.93. The number of hydrogen-bond acceptors (Lipinski definition) is 3. The van der Waals surface area contributed by atoms with E-state index in [1.807, 2.05) is 17.7 Å². The molecule has 0 bridgehead atoms. The van der Waals surface area contributed by atoms with Crippen molar-refractivity contribution in [3.63, 3.8) is 0 Å². The predicted molar refractivity (Wildman–Crippen MR) is 77.6 cm³/mol. The third-order valence-corrected chi connectivity index (χ3v) is 4.08. The summed E-state index contributed by atoms with van der Waals surface area (Å²) in [5.41, 5.74) is 1.81. The number of aryl methyl sites for hydroxylation is 2. The third kappa shape index (κ3) is 2.90. The van der Waals surface area contributed by atoms with Crippen LogP contribution in [-0.4, -0.2) is 19.3 Å². The summed E-state index contributed by atoms with van der Waals surface area (Å²) in [6, 6.07) is 2.01. The average Bonchev–Trinajstić information content (AvgIpc) is 2.82. The Morgan fingerprint density at radius 1 is 1.42 bits per heavy atom. The molecule has 0 spiro atoms. The molecular formula is C12H14BrClN4O. The fourth-order valence-corrected chi connectivity index (χ4v) is 2.27. The summed E-state index contributed by atoms with van der Waals surface area (Å²) < 4.78 is 3.70. The minimum absolute atomic E-state index is 0.180. The highest BCUT2D eigenvalue weighted by Crippen LogP contribution is 2.14. The molecule has 0 saturated carbocycles. The Morgan fingerprint density at radius 3 is 2.79 bits per heavy atom. The van der Waals surface area contributed by atoms with Crippen molar-refractivity contribution in [3.05, 3.63) is 43.8 Å². The minimum Gasteiger partial charge on any atom is -0.292 e. The van der Waals surface area contributed by atoms with Crippen molar-refractivity contribution in [3.8, 4) is 0 Å². The van der Waals surface area contributed by atoms with E-state index < -0.39 is 0 Å². The largest absolute Gasteiger partial charge is 0.292 e. The highest BCUT2D eigenvalue weighted by atomic mass is 79.9. The second-order valence-electron chi connectivity index (χ2n) is 4.08. The maximum Gasteiger partial charge on any atom is 0.269 e. The quantitative estimate of drug-likeness (QED) is 0.800. The van der Waals surface area contributed by atoms with Crippen molar-refractivity contribution in [2.24, 2.45) is 0 Å². The molecule has 0 N–H and O–H groups in total. The van der Waals surface area contributed by atoms with Gasteiger partial charge in [-0.05, 0) is 35.3 Å². The molecule has 0 aromatic carbocycles. The van der Waals surface area contributed by atoms with Gasteiger partial charge in [0.05, 0.1) is 24.3 Å². The van der Waals surface area contributed by atoms with Gasteiger partial charge >= 0.3 is 0 Å². The fraction of sp³-hybridized carbons (Fsp3) is 0.417. The first-order valence-electron chi connectivity index (χ1n) is 6.02. The SMILES string of the molecule is CCc1cc(Cn2cnc(Cl)c(Br)c2=O)n(CC)n1. The van der Waals surface area contributed by atoms with Crippen molar-refractivity contribution in [2.45, 2.75) is 33.4 Å². The smallest absolute Gasteiger partial charge is 0.269 e. The molecule has 5 nitrogen and oxygen atoms in total. The average molecular weight is 346 g/mol. The normalized spacial score (nSPS) is 10.9. The summed E-state index contributed by atoms with van der Waals surface area (Å²) in [5.74, 6) is 0. The van der Waals surface area contributed by atoms with E-state index in [9.17, 15) is 4.79 Å². The summed E-state index contributed by atoms with van der Waals surface area (Å²) in [5, 5.41) is 4.64. The van der Waals surface area contributed by atoms with E-state index in [4.69, 9.17) is 11.6 Å². The molecule has 2 heterocycles. The van der Waals surface area contributed by atoms with Crippen molar-refractivity contribution in [1.29, 1.82) is 0 Å². The van der Waals surface area contributed by atoms with Crippen LogP contribution in [0.15, 0.2) is 21.7 Å². The summed E-state index contributed by atoms with van der Waals surface area (Å²) in [6.45, 7) is 5.28. The Bertz CT molecular complexity index is 650. The molecule has 102 valence electrons. The third-order valence-electron chi connectivity index (χ3n) is 2.85. The standard InChI is InChI=1S/C12H14BrClN4O/c1-3-8-5-9(18(4-2)16-8)6-17-7-15-11(14)10(13)12(17)19/h5,7H,3-4,6H2,1-2H3. The summed E-state index contributed by atoms with van der Waals surface area (Å²) in [4.78, 5) is 16.0. The Kier molecular flexibility index (Phi) is 4.42. The maximum atomic E-state index is 12.0. The van der Waals surface area contributed by atoms with Gasteiger partial charge in [-0.1, -0.05) is 18.5 Å². The molecule has 0 fully saturated rings. The van der Waals surface area contributed by atoms with Crippen molar-refractivity contribution >= 4 is 27.5 Å². The van der Waals surface area contributed by atoms with Crippen LogP contribution in [0.4, 0.5) is 0 Å².